The lowest BCUT2D eigenvalue weighted by Gasteiger charge is -2.41. The smallest absolute Gasteiger partial charge is 0.309 e. The van der Waals surface area contributed by atoms with Crippen molar-refractivity contribution in [2.24, 2.45) is 5.92 Å². The van der Waals surface area contributed by atoms with Crippen LogP contribution in [0.1, 0.15) is 12.5 Å². The summed E-state index contributed by atoms with van der Waals surface area (Å²) < 4.78 is 5.12. The average Bonchev–Trinajstić information content (AvgIpc) is 2.27. The molecule has 0 aromatic heterocycles. The zero-order valence-electron chi connectivity index (χ0n) is 10.8. The van der Waals surface area contributed by atoms with Crippen molar-refractivity contribution >= 4 is 5.97 Å². The van der Waals surface area contributed by atoms with Crippen LogP contribution >= 0.6 is 0 Å². The van der Waals surface area contributed by atoms with Crippen molar-refractivity contribution in [3.8, 4) is 5.75 Å². The molecule has 1 heterocycles. The van der Waals surface area contributed by atoms with Crippen molar-refractivity contribution in [1.82, 2.24) is 4.90 Å². The van der Waals surface area contributed by atoms with Crippen molar-refractivity contribution < 1.29 is 14.6 Å². The van der Waals surface area contributed by atoms with Gasteiger partial charge in [-0.1, -0.05) is 12.1 Å². The van der Waals surface area contributed by atoms with E-state index in [1.54, 1.807) is 7.11 Å². The van der Waals surface area contributed by atoms with Crippen molar-refractivity contribution in [2.75, 3.05) is 20.2 Å². The van der Waals surface area contributed by atoms with Crippen molar-refractivity contribution in [3.63, 3.8) is 0 Å². The lowest BCUT2D eigenvalue weighted by Crippen LogP contribution is -2.54. The Hall–Kier alpha value is -1.55. The fourth-order valence-electron chi connectivity index (χ4n) is 2.26. The first-order valence-electron chi connectivity index (χ1n) is 6.20. The van der Waals surface area contributed by atoms with Gasteiger partial charge in [0.2, 0.25) is 0 Å². The molecule has 18 heavy (non-hydrogen) atoms. The molecule has 2 rings (SSSR count). The van der Waals surface area contributed by atoms with Gasteiger partial charge in [-0.3, -0.25) is 9.69 Å². The topological polar surface area (TPSA) is 49.8 Å². The van der Waals surface area contributed by atoms with E-state index < -0.39 is 5.97 Å². The number of hydrogen-bond donors (Lipinski definition) is 1. The highest BCUT2D eigenvalue weighted by atomic mass is 16.5. The van der Waals surface area contributed by atoms with Gasteiger partial charge >= 0.3 is 5.97 Å². The largest absolute Gasteiger partial charge is 0.497 e. The number of nitrogens with zero attached hydrogens (tertiary/aromatic N) is 1. The van der Waals surface area contributed by atoms with Crippen LogP contribution < -0.4 is 4.74 Å². The van der Waals surface area contributed by atoms with Crippen LogP contribution in [0.4, 0.5) is 0 Å². The minimum atomic E-state index is -0.678. The lowest BCUT2D eigenvalue weighted by molar-refractivity contribution is -0.148. The monoisotopic (exact) mass is 249 g/mol. The molecule has 1 fully saturated rings. The van der Waals surface area contributed by atoms with Gasteiger partial charge in [0.15, 0.2) is 0 Å². The number of methoxy groups -OCH3 is 1. The van der Waals surface area contributed by atoms with Crippen LogP contribution in [0.25, 0.3) is 0 Å². The predicted octanol–water partition coefficient (Wildman–Crippen LogP) is 1.64. The number of hydrogen-bond acceptors (Lipinski definition) is 3. The molecule has 1 aromatic rings. The van der Waals surface area contributed by atoms with Gasteiger partial charge in [-0.15, -0.1) is 0 Å². The third-order valence-corrected chi connectivity index (χ3v) is 3.57. The summed E-state index contributed by atoms with van der Waals surface area (Å²) in [5.41, 5.74) is 1.25. The van der Waals surface area contributed by atoms with Gasteiger partial charge in [0.05, 0.1) is 13.0 Å². The van der Waals surface area contributed by atoms with Crippen LogP contribution in [0.3, 0.4) is 0 Å². The molecule has 0 amide bonds. The summed E-state index contributed by atoms with van der Waals surface area (Å²) in [6.45, 7) is 3.49. The Labute approximate surface area is 107 Å². The van der Waals surface area contributed by atoms with Crippen molar-refractivity contribution in [2.45, 2.75) is 19.4 Å². The molecule has 0 saturated carbocycles. The summed E-state index contributed by atoms with van der Waals surface area (Å²) in [4.78, 5) is 12.9. The number of benzene rings is 1. The summed E-state index contributed by atoms with van der Waals surface area (Å²) >= 11 is 0. The van der Waals surface area contributed by atoms with Gasteiger partial charge in [0, 0.05) is 19.1 Å². The number of carboxylic acids is 1. The first-order valence-corrected chi connectivity index (χ1v) is 6.20. The molecule has 1 N–H and O–H groups in total. The zero-order valence-corrected chi connectivity index (χ0v) is 10.8. The van der Waals surface area contributed by atoms with E-state index in [0.717, 1.165) is 12.2 Å². The molecule has 0 spiro atoms. The predicted molar refractivity (Wildman–Crippen MR) is 68.9 cm³/mol. The van der Waals surface area contributed by atoms with Crippen LogP contribution in [0.15, 0.2) is 24.3 Å². The SMILES string of the molecule is COc1ccc(CC(C)N2CC(C(=O)O)C2)cc1. The molecule has 1 aromatic carbocycles. The molecule has 1 atom stereocenters. The highest BCUT2D eigenvalue weighted by molar-refractivity contribution is 5.71. The summed E-state index contributed by atoms with van der Waals surface area (Å²) in [6.07, 6.45) is 0.941. The van der Waals surface area contributed by atoms with E-state index in [0.29, 0.717) is 19.1 Å². The summed E-state index contributed by atoms with van der Waals surface area (Å²) in [5, 5.41) is 8.84. The first kappa shape index (κ1) is 12.9. The number of ether oxygens (including phenoxy) is 1. The van der Waals surface area contributed by atoms with Gasteiger partial charge in [-0.05, 0) is 31.0 Å². The van der Waals surface area contributed by atoms with E-state index in [2.05, 4.69) is 24.0 Å². The second-order valence-electron chi connectivity index (χ2n) is 4.89. The number of rotatable bonds is 5. The maximum absolute atomic E-state index is 10.7. The molecule has 1 aliphatic heterocycles. The van der Waals surface area contributed by atoms with E-state index in [9.17, 15) is 4.79 Å². The number of likely N-dealkylation sites (tertiary alicyclic amines) is 1. The summed E-state index contributed by atoms with van der Waals surface area (Å²) in [5.74, 6) is 0.00695. The highest BCUT2D eigenvalue weighted by Crippen LogP contribution is 2.21. The first-order chi connectivity index (χ1) is 8.60. The van der Waals surface area contributed by atoms with Gasteiger partial charge in [-0.25, -0.2) is 0 Å². The van der Waals surface area contributed by atoms with E-state index in [1.807, 2.05) is 12.1 Å². The van der Waals surface area contributed by atoms with Gasteiger partial charge in [0.1, 0.15) is 5.75 Å². The quantitative estimate of drug-likeness (QED) is 0.862. The highest BCUT2D eigenvalue weighted by Gasteiger charge is 2.34. The molecule has 0 bridgehead atoms. The summed E-state index contributed by atoms with van der Waals surface area (Å²) in [7, 11) is 1.66. The van der Waals surface area contributed by atoms with Gasteiger partial charge in [-0.2, -0.15) is 0 Å². The van der Waals surface area contributed by atoms with Crippen LogP contribution in [0, 0.1) is 5.92 Å². The molecular formula is C14H19NO3. The minimum absolute atomic E-state index is 0.177. The molecule has 1 aliphatic rings. The van der Waals surface area contributed by atoms with Crippen LogP contribution in [-0.2, 0) is 11.2 Å². The summed E-state index contributed by atoms with van der Waals surface area (Å²) in [6, 6.07) is 8.42. The number of carboxylic acid groups (broad SMARTS) is 1. The van der Waals surface area contributed by atoms with E-state index in [4.69, 9.17) is 9.84 Å². The number of aliphatic carboxylic acids is 1. The Kier molecular flexibility index (Phi) is 3.87. The molecule has 0 radical (unpaired) electrons. The molecule has 1 unspecified atom stereocenters. The molecule has 1 saturated heterocycles. The average molecular weight is 249 g/mol. The van der Waals surface area contributed by atoms with Crippen molar-refractivity contribution in [3.05, 3.63) is 29.8 Å². The fourth-order valence-corrected chi connectivity index (χ4v) is 2.26. The third-order valence-electron chi connectivity index (χ3n) is 3.57. The van der Waals surface area contributed by atoms with Gasteiger partial charge < -0.3 is 9.84 Å². The van der Waals surface area contributed by atoms with Crippen LogP contribution in [0.5, 0.6) is 5.75 Å². The van der Waals surface area contributed by atoms with E-state index in [1.165, 1.54) is 5.56 Å². The van der Waals surface area contributed by atoms with Crippen LogP contribution in [0.2, 0.25) is 0 Å². The normalized spacial score (nSPS) is 18.1. The molecule has 4 heteroatoms. The fraction of sp³-hybridized carbons (Fsp3) is 0.500. The molecular weight excluding hydrogens is 230 g/mol. The molecule has 4 nitrogen and oxygen atoms in total. The Balaban J connectivity index is 1.84. The van der Waals surface area contributed by atoms with Crippen molar-refractivity contribution in [1.29, 1.82) is 0 Å². The Morgan fingerprint density at radius 2 is 2.06 bits per heavy atom. The van der Waals surface area contributed by atoms with E-state index >= 15 is 0 Å². The number of carbonyl (C=O) groups is 1. The van der Waals surface area contributed by atoms with Crippen LogP contribution in [-0.4, -0.2) is 42.2 Å². The maximum Gasteiger partial charge on any atom is 0.309 e. The second-order valence-corrected chi connectivity index (χ2v) is 4.89. The van der Waals surface area contributed by atoms with E-state index in [-0.39, 0.29) is 5.92 Å². The maximum atomic E-state index is 10.7. The zero-order chi connectivity index (χ0) is 13.1. The molecule has 98 valence electrons. The Bertz CT molecular complexity index is 410. The second kappa shape index (κ2) is 5.40. The Morgan fingerprint density at radius 1 is 1.44 bits per heavy atom. The molecule has 0 aliphatic carbocycles. The van der Waals surface area contributed by atoms with Gasteiger partial charge in [0.25, 0.3) is 0 Å². The standard InChI is InChI=1S/C14H19NO3/c1-10(15-8-12(9-15)14(16)17)7-11-3-5-13(18-2)6-4-11/h3-6,10,12H,7-9H2,1-2H3,(H,16,17). The minimum Gasteiger partial charge on any atom is -0.497 e. The Morgan fingerprint density at radius 3 is 2.56 bits per heavy atom. The third kappa shape index (κ3) is 2.82. The lowest BCUT2D eigenvalue weighted by atomic mass is 9.95.